The molecule has 2 aromatic rings. The number of benzene rings is 2. The summed E-state index contributed by atoms with van der Waals surface area (Å²) in [5.74, 6) is -0.578. The van der Waals surface area contributed by atoms with Gasteiger partial charge in [-0.05, 0) is 49.2 Å². The summed E-state index contributed by atoms with van der Waals surface area (Å²) < 4.78 is 0. The molecule has 208 valence electrons. The normalized spacial score (nSPS) is 15.8. The lowest BCUT2D eigenvalue weighted by molar-refractivity contribution is -0.131. The molecule has 0 bridgehead atoms. The standard InChI is InChI=1S/C29H38N6O4/c30-28(38)22-6-4-8-24(20-22)32-12-16-34(17-13-32)26(36)10-2-1-3-11-27(37)35-18-14-33(15-19-35)25-9-5-7-23(21-25)29(31)39/h4-9,20-21H,1-3,10-19H2,(H2,30,38)(H2,31,39). The lowest BCUT2D eigenvalue weighted by Crippen LogP contribution is -2.49. The Morgan fingerprint density at radius 2 is 0.949 bits per heavy atom. The molecule has 10 heteroatoms. The van der Waals surface area contributed by atoms with Crippen LogP contribution in [0.25, 0.3) is 0 Å². The Morgan fingerprint density at radius 1 is 0.564 bits per heavy atom. The van der Waals surface area contributed by atoms with E-state index in [-0.39, 0.29) is 11.8 Å². The first-order chi connectivity index (χ1) is 18.8. The fourth-order valence-corrected chi connectivity index (χ4v) is 5.19. The van der Waals surface area contributed by atoms with Crippen molar-refractivity contribution in [2.45, 2.75) is 32.1 Å². The summed E-state index contributed by atoms with van der Waals surface area (Å²) in [4.78, 5) is 56.4. The van der Waals surface area contributed by atoms with Crippen molar-refractivity contribution in [2.24, 2.45) is 11.5 Å². The number of nitrogens with two attached hydrogens (primary N) is 2. The minimum atomic E-state index is -0.445. The molecule has 2 saturated heterocycles. The smallest absolute Gasteiger partial charge is 0.248 e. The van der Waals surface area contributed by atoms with E-state index in [1.165, 1.54) is 0 Å². The highest BCUT2D eigenvalue weighted by Gasteiger charge is 2.23. The second-order valence-corrected chi connectivity index (χ2v) is 10.1. The molecule has 2 aliphatic rings. The molecule has 0 spiro atoms. The third kappa shape index (κ3) is 7.49. The van der Waals surface area contributed by atoms with Gasteiger partial charge in [-0.25, -0.2) is 0 Å². The molecule has 4 rings (SSSR count). The summed E-state index contributed by atoms with van der Waals surface area (Å²) in [5, 5.41) is 0. The van der Waals surface area contributed by atoms with Gasteiger partial charge in [0.05, 0.1) is 0 Å². The van der Waals surface area contributed by atoms with Gasteiger partial charge in [0.25, 0.3) is 0 Å². The van der Waals surface area contributed by atoms with Crippen molar-refractivity contribution in [3.63, 3.8) is 0 Å². The molecule has 0 radical (unpaired) electrons. The van der Waals surface area contributed by atoms with Gasteiger partial charge in [-0.3, -0.25) is 19.2 Å². The molecule has 2 aromatic carbocycles. The molecule has 4 amide bonds. The van der Waals surface area contributed by atoms with Crippen LogP contribution in [0.3, 0.4) is 0 Å². The largest absolute Gasteiger partial charge is 0.368 e. The van der Waals surface area contributed by atoms with Gasteiger partial charge in [0.1, 0.15) is 0 Å². The van der Waals surface area contributed by atoms with Crippen molar-refractivity contribution in [2.75, 3.05) is 62.2 Å². The summed E-state index contributed by atoms with van der Waals surface area (Å²) in [6.45, 7) is 5.46. The molecule has 39 heavy (non-hydrogen) atoms. The molecule has 0 aliphatic carbocycles. The van der Waals surface area contributed by atoms with Crippen molar-refractivity contribution in [3.8, 4) is 0 Å². The zero-order valence-corrected chi connectivity index (χ0v) is 22.4. The average Bonchev–Trinajstić information content (AvgIpc) is 2.97. The molecule has 0 saturated carbocycles. The quantitative estimate of drug-likeness (QED) is 0.447. The molecule has 4 N–H and O–H groups in total. The van der Waals surface area contributed by atoms with Crippen LogP contribution in [0.2, 0.25) is 0 Å². The van der Waals surface area contributed by atoms with Crippen molar-refractivity contribution in [1.29, 1.82) is 0 Å². The topological polar surface area (TPSA) is 133 Å². The number of hydrogen-bond donors (Lipinski definition) is 2. The number of carbonyl (C=O) groups excluding carboxylic acids is 4. The maximum absolute atomic E-state index is 12.7. The molecular formula is C29H38N6O4. The number of unbranched alkanes of at least 4 members (excludes halogenated alkanes) is 2. The highest BCUT2D eigenvalue weighted by molar-refractivity contribution is 5.94. The Hall–Kier alpha value is -4.08. The summed E-state index contributed by atoms with van der Waals surface area (Å²) in [7, 11) is 0. The third-order valence-electron chi connectivity index (χ3n) is 7.54. The van der Waals surface area contributed by atoms with E-state index in [0.29, 0.717) is 76.3 Å². The number of piperazine rings is 2. The molecule has 0 atom stereocenters. The van der Waals surface area contributed by atoms with Gasteiger partial charge >= 0.3 is 0 Å². The van der Waals surface area contributed by atoms with Crippen LogP contribution < -0.4 is 21.3 Å². The van der Waals surface area contributed by atoms with Crippen LogP contribution >= 0.6 is 0 Å². The van der Waals surface area contributed by atoms with Gasteiger partial charge in [0.2, 0.25) is 23.6 Å². The van der Waals surface area contributed by atoms with E-state index in [1.807, 2.05) is 34.1 Å². The van der Waals surface area contributed by atoms with Crippen LogP contribution in [0.1, 0.15) is 52.8 Å². The fourth-order valence-electron chi connectivity index (χ4n) is 5.19. The van der Waals surface area contributed by atoms with Crippen LogP contribution in [0.4, 0.5) is 11.4 Å². The number of anilines is 2. The van der Waals surface area contributed by atoms with E-state index >= 15 is 0 Å². The first kappa shape index (κ1) is 27.9. The third-order valence-corrected chi connectivity index (χ3v) is 7.54. The van der Waals surface area contributed by atoms with Gasteiger partial charge in [-0.2, -0.15) is 0 Å². The summed E-state index contributed by atoms with van der Waals surface area (Å²) in [6, 6.07) is 14.6. The number of amides is 4. The number of hydrogen-bond acceptors (Lipinski definition) is 6. The first-order valence-electron chi connectivity index (χ1n) is 13.7. The minimum absolute atomic E-state index is 0.156. The summed E-state index contributed by atoms with van der Waals surface area (Å²) in [5.41, 5.74) is 13.6. The lowest BCUT2D eigenvalue weighted by atomic mass is 10.1. The summed E-state index contributed by atoms with van der Waals surface area (Å²) >= 11 is 0. The predicted octanol–water partition coefficient (Wildman–Crippen LogP) is 1.83. The van der Waals surface area contributed by atoms with Crippen molar-refractivity contribution >= 4 is 35.0 Å². The molecule has 10 nitrogen and oxygen atoms in total. The SMILES string of the molecule is NC(=O)c1cccc(N2CCN(C(=O)CCCCCC(=O)N3CCN(c4cccc(C(N)=O)c4)CC3)CC2)c1. The van der Waals surface area contributed by atoms with Gasteiger partial charge in [-0.15, -0.1) is 0 Å². The predicted molar refractivity (Wildman–Crippen MR) is 151 cm³/mol. The van der Waals surface area contributed by atoms with E-state index in [2.05, 4.69) is 9.80 Å². The molecule has 0 aromatic heterocycles. The fraction of sp³-hybridized carbons (Fsp3) is 0.448. The van der Waals surface area contributed by atoms with Crippen LogP contribution in [-0.2, 0) is 9.59 Å². The minimum Gasteiger partial charge on any atom is -0.368 e. The second-order valence-electron chi connectivity index (χ2n) is 10.1. The lowest BCUT2D eigenvalue weighted by Gasteiger charge is -2.36. The zero-order valence-electron chi connectivity index (χ0n) is 22.4. The van der Waals surface area contributed by atoms with E-state index in [4.69, 9.17) is 11.5 Å². The van der Waals surface area contributed by atoms with E-state index in [1.54, 1.807) is 24.3 Å². The molecule has 0 unspecified atom stereocenters. The maximum atomic E-state index is 12.7. The monoisotopic (exact) mass is 534 g/mol. The Bertz CT molecular complexity index is 1090. The van der Waals surface area contributed by atoms with E-state index < -0.39 is 11.8 Å². The Labute approximate surface area is 229 Å². The number of nitrogens with zero attached hydrogens (tertiary/aromatic N) is 4. The summed E-state index contributed by atoms with van der Waals surface area (Å²) in [6.07, 6.45) is 3.38. The second kappa shape index (κ2) is 13.1. The Morgan fingerprint density at radius 3 is 1.31 bits per heavy atom. The van der Waals surface area contributed by atoms with Crippen LogP contribution in [-0.4, -0.2) is 85.8 Å². The van der Waals surface area contributed by atoms with E-state index in [9.17, 15) is 19.2 Å². The van der Waals surface area contributed by atoms with Crippen LogP contribution in [0, 0.1) is 0 Å². The highest BCUT2D eigenvalue weighted by Crippen LogP contribution is 2.20. The van der Waals surface area contributed by atoms with Gasteiger partial charge in [-0.1, -0.05) is 18.6 Å². The number of rotatable bonds is 10. The van der Waals surface area contributed by atoms with E-state index in [0.717, 1.165) is 30.6 Å². The van der Waals surface area contributed by atoms with Crippen molar-refractivity contribution in [1.82, 2.24) is 9.80 Å². The number of primary amides is 2. The molecule has 2 fully saturated rings. The Balaban J connectivity index is 1.10. The van der Waals surface area contributed by atoms with Crippen LogP contribution in [0.15, 0.2) is 48.5 Å². The molecule has 2 heterocycles. The zero-order chi connectivity index (χ0) is 27.8. The first-order valence-corrected chi connectivity index (χ1v) is 13.7. The highest BCUT2D eigenvalue weighted by atomic mass is 16.2. The molecule has 2 aliphatic heterocycles. The van der Waals surface area contributed by atoms with Gasteiger partial charge in [0.15, 0.2) is 0 Å². The average molecular weight is 535 g/mol. The van der Waals surface area contributed by atoms with Crippen LogP contribution in [0.5, 0.6) is 0 Å². The van der Waals surface area contributed by atoms with Gasteiger partial charge < -0.3 is 31.1 Å². The van der Waals surface area contributed by atoms with Crippen molar-refractivity contribution < 1.29 is 19.2 Å². The number of carbonyl (C=O) groups is 4. The Kier molecular flexibility index (Phi) is 9.40. The van der Waals surface area contributed by atoms with Crippen molar-refractivity contribution in [3.05, 3.63) is 59.7 Å². The van der Waals surface area contributed by atoms with Gasteiger partial charge in [0, 0.05) is 87.7 Å². The maximum Gasteiger partial charge on any atom is 0.248 e. The molecular weight excluding hydrogens is 496 g/mol.